The van der Waals surface area contributed by atoms with Gasteiger partial charge in [-0.1, -0.05) is 0 Å². The van der Waals surface area contributed by atoms with Crippen LogP contribution in [0.4, 0.5) is 5.69 Å². The van der Waals surface area contributed by atoms with Crippen molar-refractivity contribution in [1.29, 1.82) is 0 Å². The second kappa shape index (κ2) is 7.94. The number of pyridine rings is 1. The number of anilines is 1. The number of aromatic nitrogens is 5. The molecule has 9 nitrogen and oxygen atoms in total. The van der Waals surface area contributed by atoms with Crippen molar-refractivity contribution < 1.29 is 9.47 Å². The number of hydrogen-bond acceptors (Lipinski definition) is 7. The Morgan fingerprint density at radius 3 is 2.79 bits per heavy atom. The first-order valence-corrected chi connectivity index (χ1v) is 9.47. The van der Waals surface area contributed by atoms with Crippen LogP contribution in [-0.2, 0) is 20.6 Å². The van der Waals surface area contributed by atoms with Gasteiger partial charge in [0.25, 0.3) is 5.56 Å². The first kappa shape index (κ1) is 19.0. The molecule has 0 bridgehead atoms. The standard InChI is InChI=1S/C20H24N6O3/c1-25-14(6-7-23-25)10-21-18-9-19(24-26(2)20(18)27)29-12-13-8-16(13)17-5-4-15(28-3)11-22-17/h4-7,9,11,13,16,21H,8,10,12H2,1-3H3/t13?,16-/m1/s1. The van der Waals surface area contributed by atoms with E-state index in [4.69, 9.17) is 9.47 Å². The van der Waals surface area contributed by atoms with Crippen molar-refractivity contribution in [3.63, 3.8) is 0 Å². The van der Waals surface area contributed by atoms with Crippen LogP contribution in [0, 0.1) is 5.92 Å². The Labute approximate surface area is 168 Å². The van der Waals surface area contributed by atoms with E-state index in [2.05, 4.69) is 20.5 Å². The molecule has 3 heterocycles. The Bertz CT molecular complexity index is 1040. The Hall–Kier alpha value is -3.36. The highest BCUT2D eigenvalue weighted by Gasteiger charge is 2.40. The maximum absolute atomic E-state index is 12.3. The quantitative estimate of drug-likeness (QED) is 0.619. The summed E-state index contributed by atoms with van der Waals surface area (Å²) in [6, 6.07) is 7.47. The topological polar surface area (TPSA) is 96.1 Å². The molecule has 0 aromatic carbocycles. The maximum atomic E-state index is 12.3. The molecule has 1 saturated carbocycles. The van der Waals surface area contributed by atoms with Gasteiger partial charge in [0.15, 0.2) is 0 Å². The minimum Gasteiger partial charge on any atom is -0.495 e. The molecule has 1 aliphatic carbocycles. The van der Waals surface area contributed by atoms with E-state index < -0.39 is 0 Å². The van der Waals surface area contributed by atoms with Gasteiger partial charge < -0.3 is 14.8 Å². The van der Waals surface area contributed by atoms with Crippen LogP contribution >= 0.6 is 0 Å². The molecule has 3 aromatic rings. The number of nitrogens with zero attached hydrogens (tertiary/aromatic N) is 5. The summed E-state index contributed by atoms with van der Waals surface area (Å²) in [5.41, 5.74) is 2.26. The molecule has 3 aromatic heterocycles. The molecule has 1 fully saturated rings. The summed E-state index contributed by atoms with van der Waals surface area (Å²) in [6.45, 7) is 1.02. The summed E-state index contributed by atoms with van der Waals surface area (Å²) in [5.74, 6) is 1.95. The van der Waals surface area contributed by atoms with Crippen LogP contribution in [0.5, 0.6) is 11.6 Å². The summed E-state index contributed by atoms with van der Waals surface area (Å²) >= 11 is 0. The fourth-order valence-electron chi connectivity index (χ4n) is 3.26. The van der Waals surface area contributed by atoms with E-state index in [0.29, 0.717) is 36.6 Å². The van der Waals surface area contributed by atoms with Gasteiger partial charge in [0.1, 0.15) is 11.4 Å². The van der Waals surface area contributed by atoms with Crippen LogP contribution < -0.4 is 20.3 Å². The molecular formula is C20H24N6O3. The lowest BCUT2D eigenvalue weighted by Crippen LogP contribution is -2.24. The smallest absolute Gasteiger partial charge is 0.290 e. The van der Waals surface area contributed by atoms with E-state index in [1.165, 1.54) is 4.68 Å². The van der Waals surface area contributed by atoms with Gasteiger partial charge in [0, 0.05) is 43.9 Å². The SMILES string of the molecule is COc1ccc([C@@H]2CC2COc2cc(NCc3ccnn3C)c(=O)n(C)n2)nc1. The van der Waals surface area contributed by atoms with Gasteiger partial charge in [0.2, 0.25) is 5.88 Å². The van der Waals surface area contributed by atoms with Gasteiger partial charge in [0.05, 0.1) is 32.2 Å². The van der Waals surface area contributed by atoms with Gasteiger partial charge in [-0.15, -0.1) is 5.10 Å². The van der Waals surface area contributed by atoms with Crippen LogP contribution in [0.25, 0.3) is 0 Å². The van der Waals surface area contributed by atoms with Gasteiger partial charge >= 0.3 is 0 Å². The fraction of sp³-hybridized carbons (Fsp3) is 0.400. The normalized spacial score (nSPS) is 17.8. The summed E-state index contributed by atoms with van der Waals surface area (Å²) in [7, 11) is 5.11. The second-order valence-corrected chi connectivity index (χ2v) is 7.16. The largest absolute Gasteiger partial charge is 0.495 e. The minimum absolute atomic E-state index is 0.203. The highest BCUT2D eigenvalue weighted by molar-refractivity contribution is 5.43. The lowest BCUT2D eigenvalue weighted by molar-refractivity contribution is 0.278. The van der Waals surface area contributed by atoms with Crippen molar-refractivity contribution in [3.05, 3.63) is 58.4 Å². The third-order valence-corrected chi connectivity index (χ3v) is 5.17. The van der Waals surface area contributed by atoms with E-state index >= 15 is 0 Å². The summed E-state index contributed by atoms with van der Waals surface area (Å²) < 4.78 is 14.1. The Morgan fingerprint density at radius 1 is 1.24 bits per heavy atom. The summed E-state index contributed by atoms with van der Waals surface area (Å²) in [4.78, 5) is 16.8. The molecule has 1 unspecified atom stereocenters. The molecule has 2 atom stereocenters. The molecular weight excluding hydrogens is 372 g/mol. The average Bonchev–Trinajstić information content (AvgIpc) is 3.40. The first-order valence-electron chi connectivity index (χ1n) is 9.47. The lowest BCUT2D eigenvalue weighted by atomic mass is 10.2. The van der Waals surface area contributed by atoms with Gasteiger partial charge in [-0.25, -0.2) is 4.68 Å². The van der Waals surface area contributed by atoms with Crippen molar-refractivity contribution in [2.24, 2.45) is 20.0 Å². The van der Waals surface area contributed by atoms with Crippen LogP contribution in [-0.4, -0.2) is 38.3 Å². The van der Waals surface area contributed by atoms with E-state index in [0.717, 1.165) is 23.6 Å². The molecule has 0 saturated heterocycles. The molecule has 29 heavy (non-hydrogen) atoms. The molecule has 152 valence electrons. The summed E-state index contributed by atoms with van der Waals surface area (Å²) in [6.07, 6.45) is 4.48. The number of ether oxygens (including phenoxy) is 2. The van der Waals surface area contributed by atoms with Crippen molar-refractivity contribution in [2.45, 2.75) is 18.9 Å². The average molecular weight is 396 g/mol. The zero-order chi connectivity index (χ0) is 20.4. The van der Waals surface area contributed by atoms with E-state index in [9.17, 15) is 4.79 Å². The molecule has 9 heteroatoms. The van der Waals surface area contributed by atoms with E-state index in [1.807, 2.05) is 25.2 Å². The molecule has 4 rings (SSSR count). The van der Waals surface area contributed by atoms with Crippen LogP contribution in [0.1, 0.15) is 23.7 Å². The molecule has 1 N–H and O–H groups in total. The Morgan fingerprint density at radius 2 is 2.10 bits per heavy atom. The van der Waals surface area contributed by atoms with Crippen molar-refractivity contribution in [2.75, 3.05) is 19.0 Å². The summed E-state index contributed by atoms with van der Waals surface area (Å²) in [5, 5.41) is 11.5. The highest BCUT2D eigenvalue weighted by Crippen LogP contribution is 2.46. The lowest BCUT2D eigenvalue weighted by Gasteiger charge is -2.11. The molecule has 0 radical (unpaired) electrons. The monoisotopic (exact) mass is 396 g/mol. The predicted octanol–water partition coefficient (Wildman–Crippen LogP) is 1.71. The minimum atomic E-state index is -0.203. The first-order chi connectivity index (χ1) is 14.0. The van der Waals surface area contributed by atoms with Crippen LogP contribution in [0.2, 0.25) is 0 Å². The number of methoxy groups -OCH3 is 1. The van der Waals surface area contributed by atoms with E-state index in [-0.39, 0.29) is 5.56 Å². The van der Waals surface area contributed by atoms with Gasteiger partial charge in [-0.05, 0) is 24.6 Å². The van der Waals surface area contributed by atoms with Gasteiger partial charge in [-0.3, -0.25) is 14.5 Å². The zero-order valence-electron chi connectivity index (χ0n) is 16.7. The van der Waals surface area contributed by atoms with Crippen molar-refractivity contribution in [1.82, 2.24) is 24.5 Å². The number of hydrogen-bond donors (Lipinski definition) is 1. The Balaban J connectivity index is 1.37. The number of nitrogens with one attached hydrogen (secondary N) is 1. The highest BCUT2D eigenvalue weighted by atomic mass is 16.5. The Kier molecular flexibility index (Phi) is 5.20. The molecule has 1 aliphatic rings. The second-order valence-electron chi connectivity index (χ2n) is 7.16. The third kappa shape index (κ3) is 4.23. The molecule has 0 amide bonds. The molecule has 0 spiro atoms. The number of aryl methyl sites for hydroxylation is 2. The van der Waals surface area contributed by atoms with Crippen molar-refractivity contribution in [3.8, 4) is 11.6 Å². The maximum Gasteiger partial charge on any atom is 0.290 e. The van der Waals surface area contributed by atoms with Gasteiger partial charge in [-0.2, -0.15) is 5.10 Å². The number of rotatable bonds is 8. The fourth-order valence-corrected chi connectivity index (χ4v) is 3.26. The molecule has 0 aliphatic heterocycles. The van der Waals surface area contributed by atoms with Crippen LogP contribution in [0.15, 0.2) is 41.5 Å². The predicted molar refractivity (Wildman–Crippen MR) is 107 cm³/mol. The van der Waals surface area contributed by atoms with E-state index in [1.54, 1.807) is 37.3 Å². The zero-order valence-corrected chi connectivity index (χ0v) is 16.7. The van der Waals surface area contributed by atoms with Crippen LogP contribution in [0.3, 0.4) is 0 Å². The third-order valence-electron chi connectivity index (χ3n) is 5.17. The van der Waals surface area contributed by atoms with Crippen molar-refractivity contribution >= 4 is 5.69 Å².